The molecule has 1 aliphatic rings. The number of hydrogen-bond donors (Lipinski definition) is 0. The lowest BCUT2D eigenvalue weighted by Gasteiger charge is -2.17. The number of aryl methyl sites for hydroxylation is 2. The van der Waals surface area contributed by atoms with Crippen molar-refractivity contribution < 1.29 is 19.0 Å². The molecule has 2 rings (SSSR count). The van der Waals surface area contributed by atoms with E-state index in [2.05, 4.69) is 51.4 Å². The molecular weight excluding hydrogens is 440 g/mol. The van der Waals surface area contributed by atoms with Gasteiger partial charge in [0, 0.05) is 14.0 Å². The van der Waals surface area contributed by atoms with Crippen molar-refractivity contribution in [1.82, 2.24) is 0 Å². The third-order valence-corrected chi connectivity index (χ3v) is 7.58. The van der Waals surface area contributed by atoms with Gasteiger partial charge in [-0.15, -0.1) is 0 Å². The molecule has 5 heteroatoms. The van der Waals surface area contributed by atoms with Crippen LogP contribution in [-0.2, 0) is 14.2 Å². The Morgan fingerprint density at radius 2 is 1.94 bits per heavy atom. The van der Waals surface area contributed by atoms with E-state index in [-0.39, 0.29) is 18.2 Å². The Morgan fingerprint density at radius 1 is 1.24 bits per heavy atom. The van der Waals surface area contributed by atoms with Crippen LogP contribution < -0.4 is 0 Å². The van der Waals surface area contributed by atoms with Gasteiger partial charge in [-0.1, -0.05) is 75.2 Å². The molecule has 0 bridgehead atoms. The molecule has 34 heavy (non-hydrogen) atoms. The predicted molar refractivity (Wildman–Crippen MR) is 143 cm³/mol. The van der Waals surface area contributed by atoms with Crippen molar-refractivity contribution in [2.24, 2.45) is 5.92 Å². The maximum absolute atomic E-state index is 12.9. The Bertz CT molecular complexity index is 930. The Hall–Kier alpha value is -1.87. The van der Waals surface area contributed by atoms with Gasteiger partial charge >= 0.3 is 5.97 Å². The molecule has 2 unspecified atom stereocenters. The van der Waals surface area contributed by atoms with Gasteiger partial charge < -0.3 is 14.2 Å². The number of carbonyl (C=O) groups excluding carboxylic acids is 1. The maximum atomic E-state index is 12.9. The molecule has 4 nitrogen and oxygen atoms in total. The van der Waals surface area contributed by atoms with Crippen molar-refractivity contribution in [3.8, 4) is 11.8 Å². The minimum Gasteiger partial charge on any atom is -0.462 e. The topological polar surface area (TPSA) is 44.8 Å². The molecule has 1 aromatic carbocycles. The smallest absolute Gasteiger partial charge is 0.338 e. The second kappa shape index (κ2) is 12.2. The summed E-state index contributed by atoms with van der Waals surface area (Å²) in [6.45, 7) is 19.4. The molecule has 1 aromatic rings. The lowest BCUT2D eigenvalue weighted by Crippen LogP contribution is -2.23. The lowest BCUT2D eigenvalue weighted by molar-refractivity contribution is -0.143. The first-order valence-electron chi connectivity index (χ1n) is 12.5. The molecule has 0 saturated carbocycles. The highest BCUT2D eigenvalue weighted by Crippen LogP contribution is 2.32. The Kier molecular flexibility index (Phi) is 10.2. The van der Waals surface area contributed by atoms with Crippen molar-refractivity contribution >= 4 is 20.1 Å². The average molecular weight is 484 g/mol. The second-order valence-electron chi connectivity index (χ2n) is 11.0. The molecule has 0 N–H and O–H groups in total. The molecule has 1 fully saturated rings. The number of carbonyl (C=O) groups is 1. The van der Waals surface area contributed by atoms with Gasteiger partial charge in [-0.05, 0) is 57.7 Å². The summed E-state index contributed by atoms with van der Waals surface area (Å²) in [7, 11) is -1.26. The summed E-state index contributed by atoms with van der Waals surface area (Å²) < 4.78 is 17.9. The number of esters is 1. The molecule has 187 valence electrons. The zero-order valence-electron chi connectivity index (χ0n) is 22.6. The zero-order valence-corrected chi connectivity index (χ0v) is 23.6. The maximum Gasteiger partial charge on any atom is 0.338 e. The quantitative estimate of drug-likeness (QED) is 0.216. The molecule has 0 aliphatic carbocycles. The molecule has 1 saturated heterocycles. The van der Waals surface area contributed by atoms with E-state index in [0.29, 0.717) is 24.5 Å². The van der Waals surface area contributed by atoms with Gasteiger partial charge in [-0.3, -0.25) is 0 Å². The van der Waals surface area contributed by atoms with Crippen LogP contribution in [0.25, 0.3) is 6.08 Å². The van der Waals surface area contributed by atoms with Gasteiger partial charge in [0.2, 0.25) is 0 Å². The predicted octanol–water partition coefficient (Wildman–Crippen LogP) is 6.98. The monoisotopic (exact) mass is 483 g/mol. The van der Waals surface area contributed by atoms with Crippen molar-refractivity contribution in [2.75, 3.05) is 6.61 Å². The van der Waals surface area contributed by atoms with Crippen molar-refractivity contribution in [3.05, 3.63) is 46.9 Å². The van der Waals surface area contributed by atoms with Crippen LogP contribution in [0.3, 0.4) is 0 Å². The highest BCUT2D eigenvalue weighted by molar-refractivity contribution is 6.76. The van der Waals surface area contributed by atoms with Gasteiger partial charge in [-0.2, -0.15) is 0 Å². The van der Waals surface area contributed by atoms with Gasteiger partial charge in [0.15, 0.2) is 5.79 Å². The molecule has 1 radical (unpaired) electrons. The van der Waals surface area contributed by atoms with Crippen molar-refractivity contribution in [1.29, 1.82) is 0 Å². The minimum absolute atomic E-state index is 0.129. The van der Waals surface area contributed by atoms with E-state index in [9.17, 15) is 4.79 Å². The summed E-state index contributed by atoms with van der Waals surface area (Å²) >= 11 is 0. The van der Waals surface area contributed by atoms with Crippen LogP contribution in [0.4, 0.5) is 0 Å². The third kappa shape index (κ3) is 9.06. The Balaban J connectivity index is 2.14. The molecule has 0 aromatic heterocycles. The summed E-state index contributed by atoms with van der Waals surface area (Å²) in [5.41, 5.74) is 3.57. The first kappa shape index (κ1) is 28.4. The van der Waals surface area contributed by atoms with Crippen LogP contribution >= 0.6 is 0 Å². The molecule has 1 aliphatic heterocycles. The largest absolute Gasteiger partial charge is 0.462 e. The van der Waals surface area contributed by atoms with Crippen molar-refractivity contribution in [2.45, 2.75) is 98.1 Å². The molecule has 0 amide bonds. The summed E-state index contributed by atoms with van der Waals surface area (Å²) in [5.74, 6) is 5.86. The van der Waals surface area contributed by atoms with E-state index >= 15 is 0 Å². The fourth-order valence-electron chi connectivity index (χ4n) is 3.82. The van der Waals surface area contributed by atoms with E-state index in [1.807, 2.05) is 52.3 Å². The summed E-state index contributed by atoms with van der Waals surface area (Å²) in [5, 5.41) is 0. The average Bonchev–Trinajstić information content (AvgIpc) is 2.99. The van der Waals surface area contributed by atoms with E-state index < -0.39 is 13.9 Å². The van der Waals surface area contributed by atoms with Gasteiger partial charge in [0.25, 0.3) is 0 Å². The van der Waals surface area contributed by atoms with Crippen LogP contribution in [0.15, 0.2) is 18.2 Å². The SMILES string of the molecule is CCC(C)C#C[CH]C1OC(C)(C)O[C@H]1C/C=C/c1cc(C)cc(C)c1C(=O)OCC[Si](C)(C)C. The lowest BCUT2D eigenvalue weighted by atomic mass is 9.97. The van der Waals surface area contributed by atoms with Gasteiger partial charge in [-0.25, -0.2) is 4.79 Å². The molecule has 1 heterocycles. The number of ether oxygens (including phenoxy) is 3. The van der Waals surface area contributed by atoms with Crippen LogP contribution in [0.5, 0.6) is 0 Å². The van der Waals surface area contributed by atoms with Crippen LogP contribution in [0.2, 0.25) is 25.7 Å². The normalized spacial score (nSPS) is 20.7. The zero-order chi connectivity index (χ0) is 25.5. The first-order chi connectivity index (χ1) is 15.8. The van der Waals surface area contributed by atoms with Gasteiger partial charge in [0.1, 0.15) is 6.10 Å². The fourth-order valence-corrected chi connectivity index (χ4v) is 4.54. The van der Waals surface area contributed by atoms with E-state index in [1.54, 1.807) is 0 Å². The standard InChI is InChI=1S/C29H43O4Si/c1-10-21(2)13-11-15-25-26(33-29(5,6)32-25)16-12-14-24-20-22(3)19-23(4)27(24)28(30)31-17-18-34(7,8)9/h12,14-15,19-21,25-26H,10,16-18H2,1-9H3/b14-12+/t21?,25?,26-/m0/s1. The highest BCUT2D eigenvalue weighted by atomic mass is 28.3. The number of hydrogen-bond acceptors (Lipinski definition) is 4. The molecule has 0 spiro atoms. The number of benzene rings is 1. The van der Waals surface area contributed by atoms with E-state index in [1.165, 1.54) is 0 Å². The minimum atomic E-state index is -1.26. The Morgan fingerprint density at radius 3 is 2.59 bits per heavy atom. The highest BCUT2D eigenvalue weighted by Gasteiger charge is 2.40. The van der Waals surface area contributed by atoms with E-state index in [0.717, 1.165) is 29.2 Å². The summed E-state index contributed by atoms with van der Waals surface area (Å²) in [6.07, 6.45) is 7.35. The van der Waals surface area contributed by atoms with Gasteiger partial charge in [0.05, 0.1) is 24.7 Å². The van der Waals surface area contributed by atoms with Crippen LogP contribution in [0, 0.1) is 38.0 Å². The van der Waals surface area contributed by atoms with Crippen LogP contribution in [0.1, 0.15) is 67.6 Å². The van der Waals surface area contributed by atoms with Crippen LogP contribution in [-0.4, -0.2) is 38.6 Å². The van der Waals surface area contributed by atoms with Crippen molar-refractivity contribution in [3.63, 3.8) is 0 Å². The number of rotatable bonds is 9. The fraction of sp³-hybridized carbons (Fsp3) is 0.586. The van der Waals surface area contributed by atoms with E-state index in [4.69, 9.17) is 14.2 Å². The molecule has 3 atom stereocenters. The second-order valence-corrected chi connectivity index (χ2v) is 16.7. The summed E-state index contributed by atoms with van der Waals surface area (Å²) in [4.78, 5) is 12.9. The summed E-state index contributed by atoms with van der Waals surface area (Å²) in [6, 6.07) is 5.03. The third-order valence-electron chi connectivity index (χ3n) is 5.88. The molecular formula is C29H43O4Si. The first-order valence-corrected chi connectivity index (χ1v) is 16.2. The Labute approximate surface area is 208 Å².